The van der Waals surface area contributed by atoms with Crippen LogP contribution in [0.4, 0.5) is 4.53 Å². The molecule has 0 aliphatic heterocycles. The fraction of sp³-hybridized carbons (Fsp3) is 1.00. The van der Waals surface area contributed by atoms with Gasteiger partial charge in [-0.25, -0.2) is 0 Å². The number of halogens is 1. The van der Waals surface area contributed by atoms with Gasteiger partial charge in [-0.15, -0.1) is 0 Å². The zero-order valence-electron chi connectivity index (χ0n) is 8.26. The normalized spacial score (nSPS) is 11.0. The molecule has 0 amide bonds. The van der Waals surface area contributed by atoms with Crippen LogP contribution in [0.15, 0.2) is 0 Å². The predicted molar refractivity (Wildman–Crippen MR) is 49.4 cm³/mol. The molecule has 1 radical (unpaired) electrons. The Morgan fingerprint density at radius 3 is 2.07 bits per heavy atom. The standard InChI is InChI=1S/C8H17FO3S.Ag/c1-2-3-4-5-6-7-8-13(10,11)12-9;/h2-8H2,1H3;. The van der Waals surface area contributed by atoms with Crippen molar-refractivity contribution in [3.8, 4) is 0 Å². The fourth-order valence-electron chi connectivity index (χ4n) is 1.09. The van der Waals surface area contributed by atoms with Gasteiger partial charge in [-0.2, -0.15) is 8.42 Å². The third kappa shape index (κ3) is 10.7. The van der Waals surface area contributed by atoms with Gasteiger partial charge in [0, 0.05) is 22.4 Å². The summed E-state index contributed by atoms with van der Waals surface area (Å²) < 4.78 is 35.1. The van der Waals surface area contributed by atoms with E-state index in [9.17, 15) is 12.9 Å². The summed E-state index contributed by atoms with van der Waals surface area (Å²) in [5, 5.41) is 0. The van der Waals surface area contributed by atoms with Gasteiger partial charge < -0.3 is 0 Å². The van der Waals surface area contributed by atoms with Crippen LogP contribution in [0.25, 0.3) is 0 Å². The van der Waals surface area contributed by atoms with E-state index < -0.39 is 10.1 Å². The van der Waals surface area contributed by atoms with Gasteiger partial charge in [0.05, 0.1) is 5.75 Å². The molecule has 0 saturated carbocycles. The molecule has 14 heavy (non-hydrogen) atoms. The van der Waals surface area contributed by atoms with Crippen molar-refractivity contribution in [2.45, 2.75) is 45.4 Å². The Kier molecular flexibility index (Phi) is 12.3. The summed E-state index contributed by atoms with van der Waals surface area (Å²) in [6.45, 7) is 2.11. The molecule has 0 N–H and O–H groups in total. The van der Waals surface area contributed by atoms with E-state index in [-0.39, 0.29) is 28.1 Å². The minimum Gasteiger partial charge on any atom is -0.197 e. The zero-order chi connectivity index (χ0) is 10.2. The first-order valence-corrected chi connectivity index (χ1v) is 6.23. The van der Waals surface area contributed by atoms with E-state index in [0.29, 0.717) is 6.42 Å². The van der Waals surface area contributed by atoms with Gasteiger partial charge in [0.1, 0.15) is 0 Å². The van der Waals surface area contributed by atoms with Gasteiger partial charge in [-0.1, -0.05) is 43.4 Å². The van der Waals surface area contributed by atoms with Crippen molar-refractivity contribution in [1.29, 1.82) is 0 Å². The van der Waals surface area contributed by atoms with Crippen LogP contribution < -0.4 is 0 Å². The summed E-state index contributed by atoms with van der Waals surface area (Å²) >= 11 is 0. The molecule has 0 aromatic rings. The monoisotopic (exact) mass is 319 g/mol. The first kappa shape index (κ1) is 17.0. The van der Waals surface area contributed by atoms with E-state index in [1.54, 1.807) is 0 Å². The van der Waals surface area contributed by atoms with Crippen LogP contribution in [-0.4, -0.2) is 14.2 Å². The number of hydrogen-bond donors (Lipinski definition) is 0. The first-order chi connectivity index (χ1) is 6.12. The third-order valence-corrected chi connectivity index (χ3v) is 2.82. The third-order valence-electron chi connectivity index (χ3n) is 1.84. The molecule has 0 spiro atoms. The van der Waals surface area contributed by atoms with E-state index in [0.717, 1.165) is 25.7 Å². The van der Waals surface area contributed by atoms with Crippen LogP contribution in [0, 0.1) is 0 Å². The van der Waals surface area contributed by atoms with Gasteiger partial charge in [0.15, 0.2) is 0 Å². The molecule has 0 fully saturated rings. The van der Waals surface area contributed by atoms with Gasteiger partial charge in [0.2, 0.25) is 0 Å². The molecule has 0 heterocycles. The summed E-state index contributed by atoms with van der Waals surface area (Å²) in [6, 6.07) is 0. The predicted octanol–water partition coefficient (Wildman–Crippen LogP) is 2.58. The Balaban J connectivity index is 0. The second kappa shape index (κ2) is 10.1. The molecule has 0 atom stereocenters. The molecule has 0 rings (SSSR count). The van der Waals surface area contributed by atoms with Crippen molar-refractivity contribution in [2.24, 2.45) is 0 Å². The Morgan fingerprint density at radius 1 is 1.07 bits per heavy atom. The molecule has 0 aliphatic carbocycles. The van der Waals surface area contributed by atoms with Crippen LogP contribution in [0.1, 0.15) is 45.4 Å². The summed E-state index contributed by atoms with van der Waals surface area (Å²) in [6.07, 6.45) is 5.76. The van der Waals surface area contributed by atoms with Crippen molar-refractivity contribution in [3.63, 3.8) is 0 Å². The minimum atomic E-state index is -3.88. The molecule has 0 bridgehead atoms. The van der Waals surface area contributed by atoms with Crippen LogP contribution >= 0.6 is 0 Å². The molecular formula is C8H17AgFO3S. The number of hydrogen-bond acceptors (Lipinski definition) is 3. The second-order valence-corrected chi connectivity index (χ2v) is 4.74. The molecule has 6 heteroatoms. The molecule has 0 aliphatic rings. The van der Waals surface area contributed by atoms with Crippen molar-refractivity contribution in [1.82, 2.24) is 0 Å². The number of unbranched alkanes of at least 4 members (excludes halogenated alkanes) is 5. The maximum absolute atomic E-state index is 11.3. The van der Waals surface area contributed by atoms with E-state index in [4.69, 9.17) is 0 Å². The molecule has 3 nitrogen and oxygen atoms in total. The quantitative estimate of drug-likeness (QED) is 0.510. The summed E-state index contributed by atoms with van der Waals surface area (Å²) in [5.74, 6) is -0.213. The van der Waals surface area contributed by atoms with Crippen LogP contribution in [-0.2, 0) is 36.9 Å². The summed E-state index contributed by atoms with van der Waals surface area (Å²) in [7, 11) is -3.88. The van der Waals surface area contributed by atoms with Crippen LogP contribution in [0.2, 0.25) is 0 Å². The Labute approximate surface area is 101 Å². The van der Waals surface area contributed by atoms with Gasteiger partial charge in [0.25, 0.3) is 10.1 Å². The fourth-order valence-corrected chi connectivity index (χ4v) is 1.71. The smallest absolute Gasteiger partial charge is 0.197 e. The number of rotatable bonds is 8. The van der Waals surface area contributed by atoms with Crippen molar-refractivity contribution in [2.75, 3.05) is 5.75 Å². The molecule has 0 unspecified atom stereocenters. The maximum Gasteiger partial charge on any atom is 0.297 e. The first-order valence-electron chi connectivity index (χ1n) is 4.65. The van der Waals surface area contributed by atoms with E-state index in [2.05, 4.69) is 11.3 Å². The maximum atomic E-state index is 11.3. The Hall–Kier alpha value is 0.580. The van der Waals surface area contributed by atoms with Crippen molar-refractivity contribution in [3.05, 3.63) is 0 Å². The van der Waals surface area contributed by atoms with E-state index in [1.165, 1.54) is 6.42 Å². The van der Waals surface area contributed by atoms with Crippen molar-refractivity contribution < 1.29 is 39.7 Å². The van der Waals surface area contributed by atoms with Crippen LogP contribution in [0.3, 0.4) is 0 Å². The molecule has 0 aromatic heterocycles. The average Bonchev–Trinajstić information content (AvgIpc) is 2.11. The van der Waals surface area contributed by atoms with Gasteiger partial charge in [-0.3, -0.25) is 0 Å². The second-order valence-electron chi connectivity index (χ2n) is 3.09. The Morgan fingerprint density at radius 2 is 1.57 bits per heavy atom. The average molecular weight is 320 g/mol. The molecular weight excluding hydrogens is 303 g/mol. The van der Waals surface area contributed by atoms with Crippen LogP contribution in [0.5, 0.6) is 0 Å². The molecule has 0 aromatic carbocycles. The van der Waals surface area contributed by atoms with E-state index >= 15 is 0 Å². The SMILES string of the molecule is CCCCCCCCS(=O)(=O)OF.[Ag]. The molecule has 0 saturated heterocycles. The summed E-state index contributed by atoms with van der Waals surface area (Å²) in [4.78, 5) is 0. The summed E-state index contributed by atoms with van der Waals surface area (Å²) in [5.41, 5.74) is 0. The topological polar surface area (TPSA) is 43.4 Å². The zero-order valence-corrected chi connectivity index (χ0v) is 10.6. The molecule has 91 valence electrons. The van der Waals surface area contributed by atoms with Crippen molar-refractivity contribution >= 4 is 10.1 Å². The van der Waals surface area contributed by atoms with Gasteiger partial charge in [-0.05, 0) is 10.9 Å². The van der Waals surface area contributed by atoms with Gasteiger partial charge >= 0.3 is 0 Å². The Bertz CT molecular complexity index is 207. The minimum absolute atomic E-state index is 0. The van der Waals surface area contributed by atoms with E-state index in [1.807, 2.05) is 0 Å². The largest absolute Gasteiger partial charge is 0.297 e.